The molecule has 0 heterocycles. The third-order valence-electron chi connectivity index (χ3n) is 3.66. The van der Waals surface area contributed by atoms with E-state index >= 15 is 0 Å². The van der Waals surface area contributed by atoms with E-state index < -0.39 is 0 Å². The van der Waals surface area contributed by atoms with Crippen LogP contribution in [0.25, 0.3) is 0 Å². The Kier molecular flexibility index (Phi) is 9.54. The van der Waals surface area contributed by atoms with Crippen LogP contribution in [0.3, 0.4) is 0 Å². The molecule has 0 rings (SSSR count). The number of amidine groups is 1. The standard InChI is InChI=1S/C14H31N3O3/c1-12(11-20-5)17(9-10-19-4)8-6-7-14(2,3)13(15)16-18/h12,18H,6-11H2,1-5H3,(H2,15,16). The quantitative estimate of drug-likeness (QED) is 0.261. The van der Waals surface area contributed by atoms with Gasteiger partial charge in [0.05, 0.1) is 13.2 Å². The van der Waals surface area contributed by atoms with Crippen LogP contribution in [0.4, 0.5) is 0 Å². The molecule has 0 bridgehead atoms. The lowest BCUT2D eigenvalue weighted by Crippen LogP contribution is -2.40. The number of methoxy groups -OCH3 is 2. The van der Waals surface area contributed by atoms with Crippen molar-refractivity contribution < 1.29 is 14.7 Å². The molecule has 3 N–H and O–H groups in total. The van der Waals surface area contributed by atoms with E-state index in [9.17, 15) is 0 Å². The Morgan fingerprint density at radius 1 is 1.30 bits per heavy atom. The van der Waals surface area contributed by atoms with Gasteiger partial charge < -0.3 is 20.4 Å². The topological polar surface area (TPSA) is 80.3 Å². The maximum Gasteiger partial charge on any atom is 0.144 e. The molecule has 0 aliphatic heterocycles. The number of hydrogen-bond donors (Lipinski definition) is 2. The molecule has 1 unspecified atom stereocenters. The Hall–Kier alpha value is -0.850. The summed E-state index contributed by atoms with van der Waals surface area (Å²) in [6.07, 6.45) is 1.84. The molecule has 6 nitrogen and oxygen atoms in total. The molecule has 6 heteroatoms. The molecule has 0 aliphatic carbocycles. The van der Waals surface area contributed by atoms with Gasteiger partial charge in [0.15, 0.2) is 0 Å². The molecular weight excluding hydrogens is 258 g/mol. The molecule has 0 saturated carbocycles. The Morgan fingerprint density at radius 3 is 2.45 bits per heavy atom. The first-order valence-corrected chi connectivity index (χ1v) is 7.09. The maximum atomic E-state index is 8.77. The number of oxime groups is 1. The fourth-order valence-corrected chi connectivity index (χ4v) is 2.10. The van der Waals surface area contributed by atoms with Crippen LogP contribution in [0.2, 0.25) is 0 Å². The predicted octanol–water partition coefficient (Wildman–Crippen LogP) is 1.52. The molecule has 0 amide bonds. The summed E-state index contributed by atoms with van der Waals surface area (Å²) in [6, 6.07) is 0.349. The fourth-order valence-electron chi connectivity index (χ4n) is 2.10. The summed E-state index contributed by atoms with van der Waals surface area (Å²) >= 11 is 0. The average molecular weight is 289 g/mol. The largest absolute Gasteiger partial charge is 0.409 e. The number of nitrogens with zero attached hydrogens (tertiary/aromatic N) is 2. The molecule has 0 spiro atoms. The Balaban J connectivity index is 4.31. The lowest BCUT2D eigenvalue weighted by molar-refractivity contribution is 0.0729. The first-order valence-electron chi connectivity index (χ1n) is 7.09. The second-order valence-corrected chi connectivity index (χ2v) is 5.81. The molecule has 120 valence electrons. The van der Waals surface area contributed by atoms with Gasteiger partial charge in [0.2, 0.25) is 0 Å². The Labute approximate surface area is 122 Å². The molecule has 1 atom stereocenters. The zero-order valence-electron chi connectivity index (χ0n) is 13.6. The van der Waals surface area contributed by atoms with Gasteiger partial charge in [0, 0.05) is 32.2 Å². The zero-order chi connectivity index (χ0) is 15.6. The molecule has 0 radical (unpaired) electrons. The summed E-state index contributed by atoms with van der Waals surface area (Å²) < 4.78 is 10.4. The van der Waals surface area contributed by atoms with Gasteiger partial charge in [-0.15, -0.1) is 0 Å². The van der Waals surface area contributed by atoms with E-state index in [1.54, 1.807) is 14.2 Å². The van der Waals surface area contributed by atoms with Crippen molar-refractivity contribution in [3.63, 3.8) is 0 Å². The van der Waals surface area contributed by atoms with Crippen molar-refractivity contribution in [2.45, 2.75) is 39.7 Å². The third-order valence-corrected chi connectivity index (χ3v) is 3.66. The van der Waals surface area contributed by atoms with Gasteiger partial charge in [-0.3, -0.25) is 4.90 Å². The summed E-state index contributed by atoms with van der Waals surface area (Å²) in [5, 5.41) is 11.9. The fraction of sp³-hybridized carbons (Fsp3) is 0.929. The normalized spacial score (nSPS) is 14.8. The van der Waals surface area contributed by atoms with Crippen LogP contribution in [-0.2, 0) is 9.47 Å². The number of rotatable bonds is 11. The monoisotopic (exact) mass is 289 g/mol. The second-order valence-electron chi connectivity index (χ2n) is 5.81. The van der Waals surface area contributed by atoms with Crippen LogP contribution in [0.5, 0.6) is 0 Å². The van der Waals surface area contributed by atoms with Crippen molar-refractivity contribution in [2.75, 3.05) is 40.5 Å². The highest BCUT2D eigenvalue weighted by molar-refractivity contribution is 5.85. The van der Waals surface area contributed by atoms with E-state index in [0.717, 1.165) is 25.9 Å². The number of hydrogen-bond acceptors (Lipinski definition) is 5. The smallest absolute Gasteiger partial charge is 0.144 e. The van der Waals surface area contributed by atoms with E-state index in [1.807, 2.05) is 13.8 Å². The van der Waals surface area contributed by atoms with Crippen LogP contribution in [0.1, 0.15) is 33.6 Å². The summed E-state index contributed by atoms with van der Waals surface area (Å²) in [7, 11) is 3.42. The molecule has 0 fully saturated rings. The molecule has 0 saturated heterocycles. The van der Waals surface area contributed by atoms with Crippen molar-refractivity contribution in [3.05, 3.63) is 0 Å². The van der Waals surface area contributed by atoms with Gasteiger partial charge in [-0.05, 0) is 26.3 Å². The lowest BCUT2D eigenvalue weighted by atomic mass is 9.86. The van der Waals surface area contributed by atoms with E-state index in [4.69, 9.17) is 20.4 Å². The van der Waals surface area contributed by atoms with Crippen LogP contribution >= 0.6 is 0 Å². The summed E-state index contributed by atoms with van der Waals surface area (Å²) in [5.41, 5.74) is 5.42. The first kappa shape index (κ1) is 19.1. The van der Waals surface area contributed by atoms with Crippen molar-refractivity contribution in [2.24, 2.45) is 16.3 Å². The summed E-state index contributed by atoms with van der Waals surface area (Å²) in [6.45, 7) is 9.35. The minimum absolute atomic E-state index is 0.283. The molecule has 20 heavy (non-hydrogen) atoms. The lowest BCUT2D eigenvalue weighted by Gasteiger charge is -2.30. The molecule has 0 aromatic rings. The molecule has 0 aromatic heterocycles. The van der Waals surface area contributed by atoms with Gasteiger partial charge >= 0.3 is 0 Å². The van der Waals surface area contributed by atoms with Gasteiger partial charge in [-0.25, -0.2) is 0 Å². The van der Waals surface area contributed by atoms with Gasteiger partial charge in [-0.1, -0.05) is 19.0 Å². The first-order chi connectivity index (χ1) is 9.38. The van der Waals surface area contributed by atoms with E-state index in [1.165, 1.54) is 0 Å². The highest BCUT2D eigenvalue weighted by Gasteiger charge is 2.24. The van der Waals surface area contributed by atoms with E-state index in [0.29, 0.717) is 19.3 Å². The van der Waals surface area contributed by atoms with Crippen molar-refractivity contribution in [3.8, 4) is 0 Å². The Morgan fingerprint density at radius 2 is 1.95 bits per heavy atom. The van der Waals surface area contributed by atoms with Crippen LogP contribution in [0, 0.1) is 5.41 Å². The van der Waals surface area contributed by atoms with Gasteiger partial charge in [0.25, 0.3) is 0 Å². The predicted molar refractivity (Wildman–Crippen MR) is 81.2 cm³/mol. The summed E-state index contributed by atoms with van der Waals surface area (Å²) in [5.74, 6) is 0.283. The zero-order valence-corrected chi connectivity index (χ0v) is 13.6. The van der Waals surface area contributed by atoms with Crippen molar-refractivity contribution in [1.29, 1.82) is 0 Å². The molecule has 0 aliphatic rings. The molecule has 0 aromatic carbocycles. The SMILES string of the molecule is COCCN(CCCC(C)(C)C(N)=NO)C(C)COC. The Bertz CT molecular complexity index is 283. The van der Waals surface area contributed by atoms with E-state index in [-0.39, 0.29) is 11.3 Å². The van der Waals surface area contributed by atoms with Crippen molar-refractivity contribution in [1.82, 2.24) is 4.90 Å². The highest BCUT2D eigenvalue weighted by Crippen LogP contribution is 2.22. The third kappa shape index (κ3) is 7.07. The average Bonchev–Trinajstić information content (AvgIpc) is 2.41. The van der Waals surface area contributed by atoms with Gasteiger partial charge in [0.1, 0.15) is 5.84 Å². The minimum atomic E-state index is -0.286. The maximum absolute atomic E-state index is 8.77. The molecular formula is C14H31N3O3. The second kappa shape index (κ2) is 9.96. The summed E-state index contributed by atoms with van der Waals surface area (Å²) in [4.78, 5) is 2.34. The number of ether oxygens (including phenoxy) is 2. The minimum Gasteiger partial charge on any atom is -0.409 e. The van der Waals surface area contributed by atoms with Crippen molar-refractivity contribution >= 4 is 5.84 Å². The van der Waals surface area contributed by atoms with Crippen LogP contribution in [-0.4, -0.2) is 62.5 Å². The van der Waals surface area contributed by atoms with Crippen LogP contribution < -0.4 is 5.73 Å². The number of nitrogens with two attached hydrogens (primary N) is 1. The van der Waals surface area contributed by atoms with Crippen LogP contribution in [0.15, 0.2) is 5.16 Å². The van der Waals surface area contributed by atoms with Gasteiger partial charge in [-0.2, -0.15) is 0 Å². The highest BCUT2D eigenvalue weighted by atomic mass is 16.5. The van der Waals surface area contributed by atoms with E-state index in [2.05, 4.69) is 17.0 Å².